The minimum absolute atomic E-state index is 0.0293. The molecule has 3 atom stereocenters. The number of alkyl halides is 3. The van der Waals surface area contributed by atoms with Crippen molar-refractivity contribution in [2.75, 3.05) is 44.7 Å². The van der Waals surface area contributed by atoms with Gasteiger partial charge in [-0.3, -0.25) is 14.5 Å². The molecule has 1 heterocycles. The number of hydrogen-bond donors (Lipinski definition) is 3. The SMILES string of the molecule is CCC[C@H]1C[C@H](N(CC)C(C)C)CC[C@@H]1NC(=O)CNC(=O)c1cc(C(F)(F)F)ccc1NC(=O)N1CCOCC1. The second-order valence-corrected chi connectivity index (χ2v) is 11.1. The van der Waals surface area contributed by atoms with E-state index in [0.717, 1.165) is 50.8 Å². The third-order valence-corrected chi connectivity index (χ3v) is 8.00. The van der Waals surface area contributed by atoms with E-state index in [2.05, 4.69) is 48.5 Å². The quantitative estimate of drug-likeness (QED) is 0.377. The highest BCUT2D eigenvalue weighted by atomic mass is 19.4. The van der Waals surface area contributed by atoms with Crippen molar-refractivity contribution in [1.29, 1.82) is 0 Å². The normalized spacial score (nSPS) is 21.6. The molecule has 0 spiro atoms. The van der Waals surface area contributed by atoms with Gasteiger partial charge in [-0.05, 0) is 70.2 Å². The summed E-state index contributed by atoms with van der Waals surface area (Å²) < 4.78 is 45.5. The largest absolute Gasteiger partial charge is 0.416 e. The summed E-state index contributed by atoms with van der Waals surface area (Å²) in [5, 5.41) is 8.04. The van der Waals surface area contributed by atoms with Crippen molar-refractivity contribution >= 4 is 23.5 Å². The van der Waals surface area contributed by atoms with Crippen LogP contribution < -0.4 is 16.0 Å². The zero-order valence-corrected chi connectivity index (χ0v) is 24.5. The molecule has 2 aliphatic rings. The molecule has 3 N–H and O–H groups in total. The molecule has 3 rings (SSSR count). The first-order valence-corrected chi connectivity index (χ1v) is 14.6. The van der Waals surface area contributed by atoms with E-state index in [4.69, 9.17) is 4.74 Å². The number of ether oxygens (including phenoxy) is 1. The van der Waals surface area contributed by atoms with E-state index >= 15 is 0 Å². The molecular weight excluding hydrogens is 539 g/mol. The number of nitrogens with one attached hydrogen (secondary N) is 3. The summed E-state index contributed by atoms with van der Waals surface area (Å²) in [7, 11) is 0. The minimum Gasteiger partial charge on any atom is -0.378 e. The molecule has 12 heteroatoms. The first-order chi connectivity index (χ1) is 19.4. The van der Waals surface area contributed by atoms with Gasteiger partial charge in [-0.25, -0.2) is 4.79 Å². The molecule has 1 aliphatic carbocycles. The summed E-state index contributed by atoms with van der Waals surface area (Å²) in [5.41, 5.74) is -1.47. The van der Waals surface area contributed by atoms with E-state index in [1.807, 2.05) is 0 Å². The van der Waals surface area contributed by atoms with E-state index < -0.39 is 36.1 Å². The van der Waals surface area contributed by atoms with Crippen LogP contribution in [0.4, 0.5) is 23.7 Å². The van der Waals surface area contributed by atoms with Gasteiger partial charge in [-0.15, -0.1) is 0 Å². The van der Waals surface area contributed by atoms with Crippen molar-refractivity contribution in [2.24, 2.45) is 5.92 Å². The van der Waals surface area contributed by atoms with E-state index in [9.17, 15) is 27.6 Å². The lowest BCUT2D eigenvalue weighted by Crippen LogP contribution is -2.51. The van der Waals surface area contributed by atoms with Gasteiger partial charge in [0, 0.05) is 31.2 Å². The Morgan fingerprint density at radius 1 is 1.12 bits per heavy atom. The van der Waals surface area contributed by atoms with Crippen LogP contribution in [0.25, 0.3) is 0 Å². The van der Waals surface area contributed by atoms with Gasteiger partial charge >= 0.3 is 12.2 Å². The molecule has 0 bridgehead atoms. The maximum absolute atomic E-state index is 13.4. The Hall–Kier alpha value is -2.86. The van der Waals surface area contributed by atoms with Crippen molar-refractivity contribution in [2.45, 2.75) is 84.1 Å². The van der Waals surface area contributed by atoms with Gasteiger partial charge < -0.3 is 25.6 Å². The second-order valence-electron chi connectivity index (χ2n) is 11.1. The Morgan fingerprint density at radius 3 is 2.44 bits per heavy atom. The second kappa shape index (κ2) is 14.9. The van der Waals surface area contributed by atoms with Gasteiger partial charge in [0.25, 0.3) is 5.91 Å². The molecule has 0 radical (unpaired) electrons. The predicted molar refractivity (Wildman–Crippen MR) is 151 cm³/mol. The van der Waals surface area contributed by atoms with E-state index in [-0.39, 0.29) is 17.3 Å². The van der Waals surface area contributed by atoms with E-state index in [1.54, 1.807) is 0 Å². The number of anilines is 1. The monoisotopic (exact) mass is 583 g/mol. The highest BCUT2D eigenvalue weighted by molar-refractivity contribution is 6.04. The number of rotatable bonds is 10. The minimum atomic E-state index is -4.69. The maximum Gasteiger partial charge on any atom is 0.416 e. The molecule has 0 unspecified atom stereocenters. The van der Waals surface area contributed by atoms with E-state index in [1.165, 1.54) is 4.90 Å². The number of urea groups is 1. The molecule has 1 aliphatic heterocycles. The number of hydrogen-bond acceptors (Lipinski definition) is 5. The van der Waals surface area contributed by atoms with Gasteiger partial charge in [-0.2, -0.15) is 13.2 Å². The topological polar surface area (TPSA) is 103 Å². The smallest absolute Gasteiger partial charge is 0.378 e. The summed E-state index contributed by atoms with van der Waals surface area (Å²) in [4.78, 5) is 42.5. The van der Waals surface area contributed by atoms with Crippen LogP contribution in [0.5, 0.6) is 0 Å². The van der Waals surface area contributed by atoms with Crippen LogP contribution in [0.3, 0.4) is 0 Å². The van der Waals surface area contributed by atoms with Gasteiger partial charge in [0.05, 0.1) is 36.6 Å². The van der Waals surface area contributed by atoms with Gasteiger partial charge in [0.2, 0.25) is 5.91 Å². The Morgan fingerprint density at radius 2 is 1.83 bits per heavy atom. The number of nitrogens with zero attached hydrogens (tertiary/aromatic N) is 2. The molecule has 4 amide bonds. The molecule has 41 heavy (non-hydrogen) atoms. The number of morpholine rings is 1. The zero-order valence-electron chi connectivity index (χ0n) is 24.5. The third-order valence-electron chi connectivity index (χ3n) is 8.00. The molecule has 0 aromatic heterocycles. The number of amides is 4. The Balaban J connectivity index is 1.65. The molecule has 1 aromatic carbocycles. The van der Waals surface area contributed by atoms with Crippen LogP contribution >= 0.6 is 0 Å². The summed E-state index contributed by atoms with van der Waals surface area (Å²) in [6.45, 7) is 10.6. The number of carbonyl (C=O) groups is 3. The number of halogens is 3. The summed E-state index contributed by atoms with van der Waals surface area (Å²) >= 11 is 0. The van der Waals surface area contributed by atoms with Crippen molar-refractivity contribution < 1.29 is 32.3 Å². The Kier molecular flexibility index (Phi) is 11.8. The predicted octanol–water partition coefficient (Wildman–Crippen LogP) is 4.48. The fourth-order valence-corrected chi connectivity index (χ4v) is 5.96. The molecule has 1 saturated carbocycles. The summed E-state index contributed by atoms with van der Waals surface area (Å²) in [5.74, 6) is -0.977. The zero-order chi connectivity index (χ0) is 30.2. The van der Waals surface area contributed by atoms with Crippen LogP contribution in [0.1, 0.15) is 75.7 Å². The first-order valence-electron chi connectivity index (χ1n) is 14.6. The average molecular weight is 584 g/mol. The first kappa shape index (κ1) is 32.7. The molecular formula is C29H44F3N5O4. The summed E-state index contributed by atoms with van der Waals surface area (Å²) in [6, 6.07) is 2.87. The fourth-order valence-electron chi connectivity index (χ4n) is 5.96. The molecule has 1 saturated heterocycles. The molecule has 9 nitrogen and oxygen atoms in total. The fraction of sp³-hybridized carbons (Fsp3) is 0.690. The van der Waals surface area contributed by atoms with Crippen LogP contribution in [-0.2, 0) is 15.7 Å². The summed E-state index contributed by atoms with van der Waals surface area (Å²) in [6.07, 6.45) is 0.0368. The van der Waals surface area contributed by atoms with Gasteiger partial charge in [0.15, 0.2) is 0 Å². The number of benzene rings is 1. The Labute approximate surface area is 240 Å². The highest BCUT2D eigenvalue weighted by Gasteiger charge is 2.35. The van der Waals surface area contributed by atoms with Crippen LogP contribution in [0.15, 0.2) is 18.2 Å². The Bertz CT molecular complexity index is 1050. The lowest BCUT2D eigenvalue weighted by molar-refractivity contribution is -0.137. The van der Waals surface area contributed by atoms with Crippen LogP contribution in [-0.4, -0.2) is 85.2 Å². The highest BCUT2D eigenvalue weighted by Crippen LogP contribution is 2.33. The molecule has 230 valence electrons. The van der Waals surface area contributed by atoms with E-state index in [0.29, 0.717) is 50.4 Å². The van der Waals surface area contributed by atoms with Crippen molar-refractivity contribution in [3.63, 3.8) is 0 Å². The third kappa shape index (κ3) is 9.06. The molecule has 2 fully saturated rings. The van der Waals surface area contributed by atoms with Crippen LogP contribution in [0.2, 0.25) is 0 Å². The lowest BCUT2D eigenvalue weighted by atomic mass is 9.78. The standard InChI is InChI=1S/C29H44F3N5O4/c1-5-7-20-16-22(37(6-2)19(3)4)9-11-24(20)34-26(38)18-33-27(39)23-17-21(29(30,31)32)8-10-25(23)35-28(40)36-12-14-41-15-13-36/h8,10,17,19-20,22,24H,5-7,9,11-16,18H2,1-4H3,(H,33,39)(H,34,38)(H,35,40)/t20-,22+,24-/m0/s1. The van der Waals surface area contributed by atoms with Gasteiger partial charge in [-0.1, -0.05) is 20.3 Å². The van der Waals surface area contributed by atoms with Crippen molar-refractivity contribution in [3.05, 3.63) is 29.3 Å². The molecule has 1 aromatic rings. The van der Waals surface area contributed by atoms with Crippen molar-refractivity contribution in [1.82, 2.24) is 20.4 Å². The van der Waals surface area contributed by atoms with Crippen LogP contribution in [0, 0.1) is 5.92 Å². The lowest BCUT2D eigenvalue weighted by Gasteiger charge is -2.43. The van der Waals surface area contributed by atoms with Crippen molar-refractivity contribution in [3.8, 4) is 0 Å². The average Bonchev–Trinajstić information content (AvgIpc) is 2.93. The van der Waals surface area contributed by atoms with Gasteiger partial charge in [0.1, 0.15) is 0 Å². The maximum atomic E-state index is 13.4. The number of carbonyl (C=O) groups excluding carboxylic acids is 3.